The molecule has 0 radical (unpaired) electrons. The normalized spacial score (nSPS) is 11.3. The van der Waals surface area contributed by atoms with E-state index in [0.717, 1.165) is 66.4 Å². The average molecular weight is 616 g/mol. The molecule has 226 valence electrons. The van der Waals surface area contributed by atoms with Crippen LogP contribution in [-0.4, -0.2) is 9.97 Å². The molecule has 0 bridgehead atoms. The van der Waals surface area contributed by atoms with Crippen LogP contribution >= 0.6 is 0 Å². The second-order valence-electron chi connectivity index (χ2n) is 11.9. The maximum absolute atomic E-state index is 6.61. The Morgan fingerprint density at radius 3 is 1.81 bits per heavy atom. The number of hydrogen-bond donors (Lipinski definition) is 0. The highest BCUT2D eigenvalue weighted by Crippen LogP contribution is 2.43. The van der Waals surface area contributed by atoms with Gasteiger partial charge in [0.2, 0.25) is 5.89 Å². The smallest absolute Gasteiger partial charge is 0.227 e. The Balaban J connectivity index is 1.29. The van der Waals surface area contributed by atoms with E-state index < -0.39 is 0 Å². The number of hydrogen-bond acceptors (Lipinski definition) is 4. The Labute approximate surface area is 278 Å². The Morgan fingerprint density at radius 1 is 0.458 bits per heavy atom. The molecule has 0 amide bonds. The van der Waals surface area contributed by atoms with E-state index in [9.17, 15) is 0 Å². The first-order valence-electron chi connectivity index (χ1n) is 16.1. The van der Waals surface area contributed by atoms with Crippen molar-refractivity contribution < 1.29 is 4.42 Å². The fourth-order valence-electron chi connectivity index (χ4n) is 6.68. The van der Waals surface area contributed by atoms with E-state index in [4.69, 9.17) is 9.40 Å². The molecule has 4 nitrogen and oxygen atoms in total. The van der Waals surface area contributed by atoms with Crippen molar-refractivity contribution in [1.82, 2.24) is 9.97 Å². The standard InChI is InChI=1S/C44H29N3O/c1-4-10-30(11-5-1)31-16-19-36(20-17-31)47(35-14-8-3-9-15-35)37-21-22-38-39(32-24-26-45-27-25-32)28-34-18-23-41-43(42(34)40(38)29-37)48-44(46-41)33-12-6-2-7-13-33/h1-29H. The lowest BCUT2D eigenvalue weighted by atomic mass is 9.92. The maximum Gasteiger partial charge on any atom is 0.227 e. The summed E-state index contributed by atoms with van der Waals surface area (Å²) in [6.45, 7) is 0. The Morgan fingerprint density at radius 2 is 1.08 bits per heavy atom. The van der Waals surface area contributed by atoms with E-state index in [-0.39, 0.29) is 0 Å². The van der Waals surface area contributed by atoms with Crippen molar-refractivity contribution in [3.05, 3.63) is 176 Å². The molecule has 9 aromatic rings. The lowest BCUT2D eigenvalue weighted by Gasteiger charge is -2.26. The molecule has 0 aliphatic carbocycles. The topological polar surface area (TPSA) is 42.2 Å². The van der Waals surface area contributed by atoms with Gasteiger partial charge in [-0.1, -0.05) is 91.0 Å². The minimum atomic E-state index is 0.616. The van der Waals surface area contributed by atoms with E-state index in [2.05, 4.69) is 137 Å². The molecule has 0 fully saturated rings. The van der Waals surface area contributed by atoms with Crippen LogP contribution in [0.4, 0.5) is 17.1 Å². The second kappa shape index (κ2) is 11.7. The predicted molar refractivity (Wildman–Crippen MR) is 198 cm³/mol. The van der Waals surface area contributed by atoms with Gasteiger partial charge in [0, 0.05) is 40.4 Å². The highest BCUT2D eigenvalue weighted by Gasteiger charge is 2.19. The average Bonchev–Trinajstić information content (AvgIpc) is 3.61. The predicted octanol–water partition coefficient (Wildman–Crippen LogP) is 12.0. The van der Waals surface area contributed by atoms with E-state index in [1.807, 2.05) is 48.8 Å². The summed E-state index contributed by atoms with van der Waals surface area (Å²) in [6.07, 6.45) is 3.70. The Hall–Kier alpha value is -6.52. The summed E-state index contributed by atoms with van der Waals surface area (Å²) in [7, 11) is 0. The highest BCUT2D eigenvalue weighted by molar-refractivity contribution is 6.22. The highest BCUT2D eigenvalue weighted by atomic mass is 16.3. The largest absolute Gasteiger partial charge is 0.435 e. The molecule has 9 rings (SSSR count). The maximum atomic E-state index is 6.61. The molecule has 2 aromatic heterocycles. The fourth-order valence-corrected chi connectivity index (χ4v) is 6.68. The summed E-state index contributed by atoms with van der Waals surface area (Å²) in [6, 6.07) is 57.3. The molecule has 4 heteroatoms. The van der Waals surface area contributed by atoms with Gasteiger partial charge in [0.25, 0.3) is 0 Å². The van der Waals surface area contributed by atoms with Gasteiger partial charge < -0.3 is 9.32 Å². The first-order chi connectivity index (χ1) is 23.8. The molecular weight excluding hydrogens is 587 g/mol. The number of benzene rings is 7. The van der Waals surface area contributed by atoms with Gasteiger partial charge in [0.15, 0.2) is 5.58 Å². The van der Waals surface area contributed by atoms with E-state index in [0.29, 0.717) is 5.89 Å². The van der Waals surface area contributed by atoms with Crippen LogP contribution < -0.4 is 4.90 Å². The van der Waals surface area contributed by atoms with Crippen molar-refractivity contribution in [2.45, 2.75) is 0 Å². The van der Waals surface area contributed by atoms with Gasteiger partial charge in [-0.25, -0.2) is 4.98 Å². The fraction of sp³-hybridized carbons (Fsp3) is 0. The van der Waals surface area contributed by atoms with E-state index in [1.54, 1.807) is 0 Å². The van der Waals surface area contributed by atoms with Crippen molar-refractivity contribution in [2.75, 3.05) is 4.90 Å². The first-order valence-corrected chi connectivity index (χ1v) is 16.1. The Kier molecular flexibility index (Phi) is 6.76. The summed E-state index contributed by atoms with van der Waals surface area (Å²) < 4.78 is 6.61. The molecule has 0 saturated heterocycles. The lowest BCUT2D eigenvalue weighted by Crippen LogP contribution is -2.09. The van der Waals surface area contributed by atoms with Gasteiger partial charge >= 0.3 is 0 Å². The molecular formula is C44H29N3O. The number of para-hydroxylation sites is 1. The van der Waals surface area contributed by atoms with Crippen molar-refractivity contribution in [2.24, 2.45) is 0 Å². The van der Waals surface area contributed by atoms with Gasteiger partial charge in [-0.2, -0.15) is 0 Å². The number of aromatic nitrogens is 2. The molecule has 7 aromatic carbocycles. The van der Waals surface area contributed by atoms with Crippen LogP contribution in [0, 0.1) is 0 Å². The number of rotatable bonds is 6. The molecule has 0 spiro atoms. The molecule has 0 atom stereocenters. The molecule has 2 heterocycles. The minimum Gasteiger partial charge on any atom is -0.435 e. The number of pyridine rings is 1. The third-order valence-electron chi connectivity index (χ3n) is 8.97. The van der Waals surface area contributed by atoms with Gasteiger partial charge in [0.05, 0.1) is 0 Å². The molecule has 0 N–H and O–H groups in total. The summed E-state index contributed by atoms with van der Waals surface area (Å²) in [5.74, 6) is 0.616. The van der Waals surface area contributed by atoms with Crippen LogP contribution in [0.5, 0.6) is 0 Å². The number of nitrogens with zero attached hydrogens (tertiary/aromatic N) is 3. The van der Waals surface area contributed by atoms with Gasteiger partial charge in [-0.15, -0.1) is 0 Å². The van der Waals surface area contributed by atoms with Crippen LogP contribution in [-0.2, 0) is 0 Å². The van der Waals surface area contributed by atoms with Crippen molar-refractivity contribution >= 4 is 49.7 Å². The molecule has 0 aliphatic rings. The summed E-state index contributed by atoms with van der Waals surface area (Å²) in [5.41, 5.74) is 10.4. The summed E-state index contributed by atoms with van der Waals surface area (Å²) in [5, 5.41) is 4.37. The molecule has 0 saturated carbocycles. The monoisotopic (exact) mass is 615 g/mol. The van der Waals surface area contributed by atoms with E-state index >= 15 is 0 Å². The number of fused-ring (bicyclic) bond motifs is 5. The van der Waals surface area contributed by atoms with Gasteiger partial charge in [-0.05, 0) is 111 Å². The van der Waals surface area contributed by atoms with Crippen molar-refractivity contribution in [1.29, 1.82) is 0 Å². The third-order valence-corrected chi connectivity index (χ3v) is 8.97. The molecule has 48 heavy (non-hydrogen) atoms. The van der Waals surface area contributed by atoms with Crippen LogP contribution in [0.2, 0.25) is 0 Å². The third kappa shape index (κ3) is 4.88. The Bertz CT molecular complexity index is 2530. The zero-order valence-corrected chi connectivity index (χ0v) is 26.0. The zero-order valence-electron chi connectivity index (χ0n) is 26.0. The number of anilines is 3. The number of oxazole rings is 1. The van der Waals surface area contributed by atoms with Crippen LogP contribution in [0.15, 0.2) is 181 Å². The summed E-state index contributed by atoms with van der Waals surface area (Å²) >= 11 is 0. The van der Waals surface area contributed by atoms with Crippen molar-refractivity contribution in [3.8, 4) is 33.7 Å². The first kappa shape index (κ1) is 27.8. The second-order valence-corrected chi connectivity index (χ2v) is 11.9. The summed E-state index contributed by atoms with van der Waals surface area (Å²) in [4.78, 5) is 11.5. The quantitative estimate of drug-likeness (QED) is 0.175. The minimum absolute atomic E-state index is 0.616. The molecule has 0 aliphatic heterocycles. The van der Waals surface area contributed by atoms with E-state index in [1.165, 1.54) is 11.1 Å². The van der Waals surface area contributed by atoms with Gasteiger partial charge in [-0.3, -0.25) is 4.98 Å². The van der Waals surface area contributed by atoms with Crippen LogP contribution in [0.25, 0.3) is 66.4 Å². The van der Waals surface area contributed by atoms with Crippen molar-refractivity contribution in [3.63, 3.8) is 0 Å². The SMILES string of the molecule is c1ccc(-c2ccc(N(c3ccccc3)c3ccc4c(-c5ccncc5)cc5ccc6nc(-c7ccccc7)oc6c5c4c3)cc2)cc1. The van der Waals surface area contributed by atoms with Gasteiger partial charge in [0.1, 0.15) is 5.52 Å². The lowest BCUT2D eigenvalue weighted by molar-refractivity contribution is 0.623. The van der Waals surface area contributed by atoms with Crippen LogP contribution in [0.1, 0.15) is 0 Å². The molecule has 0 unspecified atom stereocenters. The zero-order chi connectivity index (χ0) is 31.9. The van der Waals surface area contributed by atoms with Crippen LogP contribution in [0.3, 0.4) is 0 Å².